The Morgan fingerprint density at radius 2 is 2.18 bits per heavy atom. The van der Waals surface area contributed by atoms with E-state index in [0.717, 1.165) is 5.56 Å². The number of amides is 1. The van der Waals surface area contributed by atoms with Crippen LogP contribution in [0.4, 0.5) is 0 Å². The molecule has 2 N–H and O–H groups in total. The van der Waals surface area contributed by atoms with Crippen molar-refractivity contribution in [2.45, 2.75) is 25.4 Å². The molecule has 2 atom stereocenters. The van der Waals surface area contributed by atoms with Crippen molar-refractivity contribution in [3.05, 3.63) is 29.7 Å². The van der Waals surface area contributed by atoms with Crippen LogP contribution < -0.4 is 5.32 Å². The number of aryl methyl sites for hydroxylation is 1. The van der Waals surface area contributed by atoms with E-state index in [1.54, 1.807) is 28.9 Å². The van der Waals surface area contributed by atoms with Crippen molar-refractivity contribution in [2.24, 2.45) is 0 Å². The molecule has 1 saturated heterocycles. The molecule has 22 heavy (non-hydrogen) atoms. The Labute approximate surface area is 126 Å². The van der Waals surface area contributed by atoms with E-state index in [4.69, 9.17) is 5.11 Å². The van der Waals surface area contributed by atoms with E-state index in [1.807, 2.05) is 6.92 Å². The average molecular weight is 303 g/mol. The number of likely N-dealkylation sites (N-methyl/N-ethyl adjacent to an activating group) is 1. The molecule has 1 amide bonds. The first-order valence-electron chi connectivity index (χ1n) is 6.99. The average Bonchev–Trinajstić information content (AvgIpc) is 3.01. The highest BCUT2D eigenvalue weighted by atomic mass is 16.4. The molecule has 0 bridgehead atoms. The third-order valence-corrected chi connectivity index (χ3v) is 3.90. The second kappa shape index (κ2) is 5.38. The molecule has 0 spiro atoms. The molecule has 1 aliphatic rings. The Hall–Kier alpha value is -2.48. The smallest absolute Gasteiger partial charge is 0.320 e. The lowest BCUT2D eigenvalue weighted by Gasteiger charge is -2.13. The van der Waals surface area contributed by atoms with Gasteiger partial charge in [-0.05, 0) is 26.0 Å². The lowest BCUT2D eigenvalue weighted by molar-refractivity contribution is -0.141. The minimum absolute atomic E-state index is 0.195. The van der Waals surface area contributed by atoms with E-state index in [-0.39, 0.29) is 11.9 Å². The Bertz CT molecular complexity index is 741. The second-order valence-corrected chi connectivity index (χ2v) is 5.66. The van der Waals surface area contributed by atoms with Gasteiger partial charge in [0.25, 0.3) is 5.91 Å². The summed E-state index contributed by atoms with van der Waals surface area (Å²) in [4.78, 5) is 29.4. The number of carbonyl (C=O) groups is 2. The summed E-state index contributed by atoms with van der Waals surface area (Å²) in [5.41, 5.74) is 1.83. The summed E-state index contributed by atoms with van der Waals surface area (Å²) in [5, 5.41) is 16.1. The van der Waals surface area contributed by atoms with Crippen LogP contribution in [0, 0.1) is 6.92 Å². The molecule has 2 aromatic rings. The van der Waals surface area contributed by atoms with Gasteiger partial charge in [-0.1, -0.05) is 0 Å². The molecule has 2 aromatic heterocycles. The number of carboxylic acids is 1. The molecule has 0 aromatic carbocycles. The number of carboxylic acid groups (broad SMARTS) is 1. The van der Waals surface area contributed by atoms with Crippen LogP contribution in [-0.4, -0.2) is 62.2 Å². The Morgan fingerprint density at radius 3 is 2.86 bits per heavy atom. The van der Waals surface area contributed by atoms with Crippen LogP contribution in [0.15, 0.2) is 18.6 Å². The first kappa shape index (κ1) is 14.5. The molecular weight excluding hydrogens is 286 g/mol. The summed E-state index contributed by atoms with van der Waals surface area (Å²) in [6.07, 6.45) is 5.34. The number of carbonyl (C=O) groups excluding carboxylic acids is 1. The summed E-state index contributed by atoms with van der Waals surface area (Å²) in [6, 6.07) is -0.756. The number of aromatic nitrogens is 3. The summed E-state index contributed by atoms with van der Waals surface area (Å²) >= 11 is 0. The van der Waals surface area contributed by atoms with Gasteiger partial charge in [0, 0.05) is 25.0 Å². The van der Waals surface area contributed by atoms with Crippen molar-refractivity contribution < 1.29 is 14.7 Å². The lowest BCUT2D eigenvalue weighted by Crippen LogP contribution is -2.36. The van der Waals surface area contributed by atoms with Crippen LogP contribution in [0.2, 0.25) is 0 Å². The molecular formula is C14H17N5O3. The maximum atomic E-state index is 12.4. The molecule has 116 valence electrons. The molecule has 3 heterocycles. The van der Waals surface area contributed by atoms with Crippen molar-refractivity contribution in [2.75, 3.05) is 13.6 Å². The zero-order valence-corrected chi connectivity index (χ0v) is 12.4. The van der Waals surface area contributed by atoms with Crippen molar-refractivity contribution in [1.82, 2.24) is 24.8 Å². The lowest BCUT2D eigenvalue weighted by atomic mass is 10.1. The maximum absolute atomic E-state index is 12.4. The van der Waals surface area contributed by atoms with Gasteiger partial charge in [0.2, 0.25) is 0 Å². The van der Waals surface area contributed by atoms with E-state index >= 15 is 0 Å². The monoisotopic (exact) mass is 303 g/mol. The molecule has 0 radical (unpaired) electrons. The zero-order valence-electron chi connectivity index (χ0n) is 12.4. The Balaban J connectivity index is 1.76. The van der Waals surface area contributed by atoms with E-state index in [0.29, 0.717) is 24.2 Å². The maximum Gasteiger partial charge on any atom is 0.320 e. The second-order valence-electron chi connectivity index (χ2n) is 5.66. The quantitative estimate of drug-likeness (QED) is 0.823. The topological polar surface area (TPSA) is 99.8 Å². The molecule has 0 unspecified atom stereocenters. The number of hydrogen-bond acceptors (Lipinski definition) is 5. The van der Waals surface area contributed by atoms with Gasteiger partial charge in [0.15, 0.2) is 5.65 Å². The van der Waals surface area contributed by atoms with Gasteiger partial charge in [0.1, 0.15) is 11.6 Å². The van der Waals surface area contributed by atoms with Crippen molar-refractivity contribution in [3.63, 3.8) is 0 Å². The number of aliphatic carboxylic acids is 1. The van der Waals surface area contributed by atoms with E-state index in [2.05, 4.69) is 15.4 Å². The summed E-state index contributed by atoms with van der Waals surface area (Å²) in [6.45, 7) is 2.41. The highest BCUT2D eigenvalue weighted by Gasteiger charge is 2.35. The fourth-order valence-electron chi connectivity index (χ4n) is 2.78. The Kier molecular flexibility index (Phi) is 3.53. The number of rotatable bonds is 3. The molecule has 0 aliphatic carbocycles. The largest absolute Gasteiger partial charge is 0.480 e. The third-order valence-electron chi connectivity index (χ3n) is 3.90. The van der Waals surface area contributed by atoms with Gasteiger partial charge in [-0.25, -0.2) is 9.50 Å². The summed E-state index contributed by atoms with van der Waals surface area (Å²) in [5.74, 6) is -1.15. The fourth-order valence-corrected chi connectivity index (χ4v) is 2.78. The van der Waals surface area contributed by atoms with Crippen LogP contribution in [0.1, 0.15) is 22.3 Å². The van der Waals surface area contributed by atoms with Gasteiger partial charge < -0.3 is 10.4 Å². The minimum Gasteiger partial charge on any atom is -0.480 e. The third kappa shape index (κ3) is 2.52. The Morgan fingerprint density at radius 1 is 1.41 bits per heavy atom. The molecule has 8 nitrogen and oxygen atoms in total. The van der Waals surface area contributed by atoms with Crippen molar-refractivity contribution in [1.29, 1.82) is 0 Å². The van der Waals surface area contributed by atoms with Crippen LogP contribution in [0.3, 0.4) is 0 Å². The number of nitrogens with one attached hydrogen (secondary N) is 1. The predicted octanol–water partition coefficient (Wildman–Crippen LogP) is -0.0752. The SMILES string of the molecule is Cc1cnc2c(C(=O)N[C@@H]3C[C@@H](C(=O)O)N(C)C3)cnn2c1. The van der Waals surface area contributed by atoms with Gasteiger partial charge >= 0.3 is 5.97 Å². The number of fused-ring (bicyclic) bond motifs is 1. The number of hydrogen-bond donors (Lipinski definition) is 2. The number of nitrogens with zero attached hydrogens (tertiary/aromatic N) is 4. The summed E-state index contributed by atoms with van der Waals surface area (Å²) in [7, 11) is 1.74. The van der Waals surface area contributed by atoms with Gasteiger partial charge in [-0.15, -0.1) is 0 Å². The van der Waals surface area contributed by atoms with Crippen LogP contribution in [0.25, 0.3) is 5.65 Å². The molecule has 1 aliphatic heterocycles. The highest BCUT2D eigenvalue weighted by Crippen LogP contribution is 2.17. The predicted molar refractivity (Wildman–Crippen MR) is 77.6 cm³/mol. The molecule has 3 rings (SSSR count). The molecule has 8 heteroatoms. The normalized spacial score (nSPS) is 22.1. The van der Waals surface area contributed by atoms with Gasteiger partial charge in [-0.3, -0.25) is 14.5 Å². The zero-order chi connectivity index (χ0) is 15.9. The van der Waals surface area contributed by atoms with Crippen molar-refractivity contribution >= 4 is 17.5 Å². The number of likely N-dealkylation sites (tertiary alicyclic amines) is 1. The fraction of sp³-hybridized carbons (Fsp3) is 0.429. The first-order chi connectivity index (χ1) is 10.5. The van der Waals surface area contributed by atoms with E-state index in [1.165, 1.54) is 6.20 Å². The summed E-state index contributed by atoms with van der Waals surface area (Å²) < 4.78 is 1.56. The first-order valence-corrected chi connectivity index (χ1v) is 6.99. The van der Waals surface area contributed by atoms with Crippen molar-refractivity contribution in [3.8, 4) is 0 Å². The van der Waals surface area contributed by atoms with Crippen LogP contribution in [0.5, 0.6) is 0 Å². The van der Waals surface area contributed by atoms with Crippen LogP contribution >= 0.6 is 0 Å². The van der Waals surface area contributed by atoms with Gasteiger partial charge in [0.05, 0.1) is 6.20 Å². The van der Waals surface area contributed by atoms with Crippen LogP contribution in [-0.2, 0) is 4.79 Å². The minimum atomic E-state index is -0.868. The van der Waals surface area contributed by atoms with E-state index < -0.39 is 12.0 Å². The molecule has 1 fully saturated rings. The van der Waals surface area contributed by atoms with Gasteiger partial charge in [-0.2, -0.15) is 5.10 Å². The molecule has 0 saturated carbocycles. The van der Waals surface area contributed by atoms with E-state index in [9.17, 15) is 9.59 Å². The standard InChI is InChI=1S/C14H17N5O3/c1-8-4-15-12-10(5-16-19(12)6-8)13(20)17-9-3-11(14(21)22)18(2)7-9/h4-6,9,11H,3,7H2,1-2H3,(H,17,20)(H,21,22)/t9-,11+/m1/s1. The highest BCUT2D eigenvalue weighted by molar-refractivity contribution is 5.99.